The molecular formula is C11H19N5O6. The van der Waals surface area contributed by atoms with Gasteiger partial charge < -0.3 is 36.2 Å². The van der Waals surface area contributed by atoms with Gasteiger partial charge in [-0.3, -0.25) is 0 Å². The highest BCUT2D eigenvalue weighted by atomic mass is 16.5. The third-order valence-corrected chi connectivity index (χ3v) is 2.74. The van der Waals surface area contributed by atoms with Gasteiger partial charge in [0.05, 0.1) is 18.8 Å². The van der Waals surface area contributed by atoms with Crippen LogP contribution in [0.3, 0.4) is 0 Å². The van der Waals surface area contributed by atoms with Gasteiger partial charge in [0, 0.05) is 0 Å². The third kappa shape index (κ3) is 4.65. The zero-order valence-electron chi connectivity index (χ0n) is 12.1. The zero-order valence-corrected chi connectivity index (χ0v) is 12.1. The van der Waals surface area contributed by atoms with Gasteiger partial charge >= 0.3 is 12.0 Å². The Morgan fingerprint density at radius 2 is 2.00 bits per heavy atom. The monoisotopic (exact) mass is 317 g/mol. The summed E-state index contributed by atoms with van der Waals surface area (Å²) in [6, 6.07) is -3.80. The van der Waals surface area contributed by atoms with Crippen LogP contribution < -0.4 is 16.4 Å². The van der Waals surface area contributed by atoms with Crippen molar-refractivity contribution in [2.45, 2.75) is 38.1 Å². The molecule has 4 atom stereocenters. The lowest BCUT2D eigenvalue weighted by molar-refractivity contribution is -0.141. The van der Waals surface area contributed by atoms with Gasteiger partial charge in [-0.05, 0) is 13.8 Å². The van der Waals surface area contributed by atoms with Crippen LogP contribution >= 0.6 is 0 Å². The van der Waals surface area contributed by atoms with E-state index in [4.69, 9.17) is 20.5 Å². The fourth-order valence-electron chi connectivity index (χ4n) is 1.49. The molecule has 2 amide bonds. The average molecular weight is 317 g/mol. The molecule has 0 bridgehead atoms. The van der Waals surface area contributed by atoms with Crippen LogP contribution in [0.5, 0.6) is 0 Å². The van der Waals surface area contributed by atoms with Crippen LogP contribution in [0.2, 0.25) is 0 Å². The van der Waals surface area contributed by atoms with E-state index < -0.39 is 36.2 Å². The molecule has 0 aliphatic rings. The molecule has 22 heavy (non-hydrogen) atoms. The Bertz CT molecular complexity index is 519. The first kappa shape index (κ1) is 17.8. The first-order valence-electron chi connectivity index (χ1n) is 6.44. The Morgan fingerprint density at radius 1 is 1.36 bits per heavy atom. The SMILES string of the molecule is CC(O)[C@H](NC(=O)N[C@@H](C)c1nc([C@@H](N)CO)no1)C(=O)O. The number of hydrogen-bond acceptors (Lipinski definition) is 8. The highest BCUT2D eigenvalue weighted by Crippen LogP contribution is 2.12. The van der Waals surface area contributed by atoms with Gasteiger partial charge in [0.2, 0.25) is 5.89 Å². The topological polar surface area (TPSA) is 184 Å². The number of urea groups is 1. The Kier molecular flexibility index (Phi) is 6.22. The number of nitrogens with two attached hydrogens (primary N) is 1. The number of aliphatic hydroxyl groups is 2. The lowest BCUT2D eigenvalue weighted by Gasteiger charge is -2.18. The lowest BCUT2D eigenvalue weighted by Crippen LogP contribution is -2.51. The van der Waals surface area contributed by atoms with Gasteiger partial charge in [-0.1, -0.05) is 5.16 Å². The largest absolute Gasteiger partial charge is 0.480 e. The van der Waals surface area contributed by atoms with E-state index >= 15 is 0 Å². The molecule has 1 aromatic rings. The van der Waals surface area contributed by atoms with Gasteiger partial charge in [0.25, 0.3) is 0 Å². The fraction of sp³-hybridized carbons (Fsp3) is 0.636. The molecule has 1 heterocycles. The Hall–Kier alpha value is -2.24. The Labute approximate surface area is 125 Å². The van der Waals surface area contributed by atoms with Crippen molar-refractivity contribution in [1.29, 1.82) is 0 Å². The molecule has 11 heteroatoms. The molecule has 0 aromatic carbocycles. The number of rotatable bonds is 7. The Morgan fingerprint density at radius 3 is 2.50 bits per heavy atom. The minimum absolute atomic E-state index is 0.0398. The second-order valence-corrected chi connectivity index (χ2v) is 4.68. The summed E-state index contributed by atoms with van der Waals surface area (Å²) in [6.07, 6.45) is -1.27. The average Bonchev–Trinajstić information content (AvgIpc) is 2.93. The normalized spacial score (nSPS) is 16.4. The molecule has 1 unspecified atom stereocenters. The number of nitrogens with one attached hydrogen (secondary N) is 2. The number of carbonyl (C=O) groups excluding carboxylic acids is 1. The zero-order chi connectivity index (χ0) is 16.9. The van der Waals surface area contributed by atoms with Gasteiger partial charge in [-0.2, -0.15) is 4.98 Å². The van der Waals surface area contributed by atoms with Gasteiger partial charge in [-0.25, -0.2) is 9.59 Å². The van der Waals surface area contributed by atoms with Gasteiger partial charge in [-0.15, -0.1) is 0 Å². The van der Waals surface area contributed by atoms with Gasteiger partial charge in [0.15, 0.2) is 11.9 Å². The lowest BCUT2D eigenvalue weighted by atomic mass is 10.2. The Balaban J connectivity index is 2.64. The smallest absolute Gasteiger partial charge is 0.328 e. The van der Waals surface area contributed by atoms with E-state index in [2.05, 4.69) is 20.8 Å². The quantitative estimate of drug-likeness (QED) is 0.339. The molecule has 0 radical (unpaired) electrons. The summed E-state index contributed by atoms with van der Waals surface area (Å²) in [5.74, 6) is -1.25. The van der Waals surface area contributed by atoms with Crippen molar-refractivity contribution in [2.24, 2.45) is 5.73 Å². The number of carboxylic acids is 1. The first-order valence-corrected chi connectivity index (χ1v) is 6.44. The maximum atomic E-state index is 11.7. The van der Waals surface area contributed by atoms with Crippen LogP contribution in [0.25, 0.3) is 0 Å². The number of aliphatic hydroxyl groups excluding tert-OH is 2. The molecule has 0 saturated heterocycles. The summed E-state index contributed by atoms with van der Waals surface area (Å²) in [6.45, 7) is 2.40. The minimum atomic E-state index is -1.45. The van der Waals surface area contributed by atoms with E-state index in [9.17, 15) is 14.7 Å². The van der Waals surface area contributed by atoms with Crippen molar-refractivity contribution in [2.75, 3.05) is 6.61 Å². The number of aromatic nitrogens is 2. The third-order valence-electron chi connectivity index (χ3n) is 2.74. The molecule has 7 N–H and O–H groups in total. The molecule has 124 valence electrons. The molecule has 0 aliphatic carbocycles. The van der Waals surface area contributed by atoms with Crippen molar-refractivity contribution in [3.8, 4) is 0 Å². The van der Waals surface area contributed by atoms with E-state index in [1.165, 1.54) is 13.8 Å². The number of aliphatic carboxylic acids is 1. The second-order valence-electron chi connectivity index (χ2n) is 4.68. The van der Waals surface area contributed by atoms with Crippen molar-refractivity contribution in [3.05, 3.63) is 11.7 Å². The van der Waals surface area contributed by atoms with Crippen molar-refractivity contribution in [1.82, 2.24) is 20.8 Å². The van der Waals surface area contributed by atoms with Crippen molar-refractivity contribution >= 4 is 12.0 Å². The van der Waals surface area contributed by atoms with E-state index in [1.807, 2.05) is 0 Å². The number of carbonyl (C=O) groups is 2. The summed E-state index contributed by atoms with van der Waals surface area (Å²) < 4.78 is 4.89. The number of carboxylic acid groups (broad SMARTS) is 1. The van der Waals surface area contributed by atoms with Crippen LogP contribution in [0, 0.1) is 0 Å². The van der Waals surface area contributed by atoms with E-state index in [0.29, 0.717) is 0 Å². The standard InChI is InChI=1S/C11H19N5O6/c1-4(9-15-8(16-22-9)6(12)3-17)13-11(21)14-7(5(2)18)10(19)20/h4-7,17-18H,3,12H2,1-2H3,(H,19,20)(H2,13,14,21)/t4-,5?,6-,7-/m0/s1. The maximum absolute atomic E-state index is 11.7. The van der Waals surface area contributed by atoms with E-state index in [0.717, 1.165) is 0 Å². The molecule has 1 rings (SSSR count). The number of nitrogens with zero attached hydrogens (tertiary/aromatic N) is 2. The molecule has 1 aromatic heterocycles. The first-order chi connectivity index (χ1) is 10.3. The van der Waals surface area contributed by atoms with E-state index in [-0.39, 0.29) is 18.3 Å². The molecule has 0 saturated carbocycles. The highest BCUT2D eigenvalue weighted by molar-refractivity contribution is 5.83. The fourth-order valence-corrected chi connectivity index (χ4v) is 1.49. The predicted octanol–water partition coefficient (Wildman–Crippen LogP) is -1.74. The molecule has 0 spiro atoms. The predicted molar refractivity (Wildman–Crippen MR) is 71.5 cm³/mol. The van der Waals surface area contributed by atoms with Crippen LogP contribution in [0.15, 0.2) is 4.52 Å². The molecular weight excluding hydrogens is 298 g/mol. The van der Waals surface area contributed by atoms with Crippen LogP contribution in [-0.2, 0) is 4.79 Å². The summed E-state index contributed by atoms with van der Waals surface area (Å²) in [5, 5.41) is 35.0. The second kappa shape index (κ2) is 7.68. The van der Waals surface area contributed by atoms with Crippen LogP contribution in [-0.4, -0.2) is 56.2 Å². The molecule has 0 fully saturated rings. The van der Waals surface area contributed by atoms with Crippen molar-refractivity contribution < 1.29 is 29.4 Å². The number of hydrogen-bond donors (Lipinski definition) is 6. The van der Waals surface area contributed by atoms with Crippen LogP contribution in [0.4, 0.5) is 4.79 Å². The summed E-state index contributed by atoms with van der Waals surface area (Å²) in [5.41, 5.74) is 5.51. The summed E-state index contributed by atoms with van der Waals surface area (Å²) >= 11 is 0. The van der Waals surface area contributed by atoms with E-state index in [1.54, 1.807) is 0 Å². The van der Waals surface area contributed by atoms with Gasteiger partial charge in [0.1, 0.15) is 6.04 Å². The minimum Gasteiger partial charge on any atom is -0.480 e. The molecule has 0 aliphatic heterocycles. The number of amides is 2. The highest BCUT2D eigenvalue weighted by Gasteiger charge is 2.26. The van der Waals surface area contributed by atoms with Crippen LogP contribution in [0.1, 0.15) is 37.6 Å². The summed E-state index contributed by atoms with van der Waals surface area (Å²) in [4.78, 5) is 26.5. The summed E-state index contributed by atoms with van der Waals surface area (Å²) in [7, 11) is 0. The van der Waals surface area contributed by atoms with Crippen molar-refractivity contribution in [3.63, 3.8) is 0 Å². The molecule has 11 nitrogen and oxygen atoms in total. The maximum Gasteiger partial charge on any atom is 0.328 e.